The second-order valence-electron chi connectivity index (χ2n) is 25.8. The second kappa shape index (κ2) is 35.0. The highest BCUT2D eigenvalue weighted by molar-refractivity contribution is 5.78. The zero-order chi connectivity index (χ0) is 66.3. The van der Waals surface area contributed by atoms with E-state index in [0.717, 1.165) is 0 Å². The first-order valence-electron chi connectivity index (χ1n) is 30.4. The third-order valence-electron chi connectivity index (χ3n) is 15.5. The Hall–Kier alpha value is -7.30. The van der Waals surface area contributed by atoms with Crippen LogP contribution in [0, 0.1) is 57.8 Å². The number of nitrogens with zero attached hydrogens (tertiary/aromatic N) is 7. The number of amides is 6. The largest absolute Gasteiger partial charge is 0.425 e. The highest BCUT2D eigenvalue weighted by Crippen LogP contribution is 2.21. The molecule has 3 heterocycles. The lowest BCUT2D eigenvalue weighted by molar-refractivity contribution is -0.123. The van der Waals surface area contributed by atoms with E-state index in [1.54, 1.807) is 41.5 Å². The van der Waals surface area contributed by atoms with Gasteiger partial charge >= 0.3 is 16.7 Å². The summed E-state index contributed by atoms with van der Waals surface area (Å²) in [5.41, 5.74) is -0.329. The van der Waals surface area contributed by atoms with E-state index in [0.29, 0.717) is 107 Å². The first-order chi connectivity index (χ1) is 41.0. The van der Waals surface area contributed by atoms with Crippen molar-refractivity contribution in [2.45, 2.75) is 180 Å². The first-order valence-corrected chi connectivity index (χ1v) is 30.4. The Morgan fingerprint density at radius 2 is 0.636 bits per heavy atom. The van der Waals surface area contributed by atoms with Crippen LogP contribution in [0.25, 0.3) is 0 Å². The van der Waals surface area contributed by atoms with Gasteiger partial charge in [-0.15, -0.1) is 14.2 Å². The third kappa shape index (κ3) is 25.4. The Bertz CT molecular complexity index is 2710. The fourth-order valence-electron chi connectivity index (χ4n) is 8.99. The van der Waals surface area contributed by atoms with Crippen molar-refractivity contribution in [3.8, 4) is 0 Å². The van der Waals surface area contributed by atoms with E-state index in [-0.39, 0.29) is 164 Å². The van der Waals surface area contributed by atoms with Gasteiger partial charge in [-0.25, -0.2) is 0 Å². The standard InChI is InChI=1S/C60H102N16O12/c1-37-40(4)74(86)55(83)43(67-37)16-19-52(80)70-46(58(7,8)9)34-61-25-22-49(77)64-28-31-73(32-29-65-50(78)23-26-62-35-47(59(10,11)12)71-53(81)20-17-44-56(84)75(87)41(5)38(2)68-44)33-30-66-51(79)24-27-63-36-48(60(13,14)15)72-54(82)21-18-45-57(85)76(88)42(6)39(3)69-45/h46-48,61-63,86-88H,16-36H2,1-15H3,(H,64,77)(H,65,78)(H,66,79)(H,70,80)(H,71,81)(H,72,82)/t46-,47-,48-/m0/s1. The van der Waals surface area contributed by atoms with Crippen LogP contribution in [-0.2, 0) is 48.0 Å². The average Bonchev–Trinajstić information content (AvgIpc) is 3.58. The van der Waals surface area contributed by atoms with Crippen LogP contribution in [0.1, 0.15) is 152 Å². The smallest absolute Gasteiger partial charge is 0.304 e. The van der Waals surface area contributed by atoms with E-state index < -0.39 is 16.7 Å². The van der Waals surface area contributed by atoms with Crippen LogP contribution in [0.4, 0.5) is 0 Å². The van der Waals surface area contributed by atoms with Crippen LogP contribution >= 0.6 is 0 Å². The van der Waals surface area contributed by atoms with Crippen molar-refractivity contribution in [3.63, 3.8) is 0 Å². The molecule has 0 spiro atoms. The number of aryl methyl sites for hydroxylation is 6. The number of aromatic nitrogens is 6. The molecule has 88 heavy (non-hydrogen) atoms. The molecule has 28 heteroatoms. The lowest BCUT2D eigenvalue weighted by atomic mass is 9.86. The molecule has 0 aromatic carbocycles. The molecule has 3 aromatic heterocycles. The summed E-state index contributed by atoms with van der Waals surface area (Å²) in [6.45, 7) is 31.7. The van der Waals surface area contributed by atoms with Crippen molar-refractivity contribution < 1.29 is 44.4 Å². The van der Waals surface area contributed by atoms with Crippen LogP contribution < -0.4 is 64.5 Å². The molecule has 3 rings (SSSR count). The van der Waals surface area contributed by atoms with E-state index in [4.69, 9.17) is 0 Å². The highest BCUT2D eigenvalue weighted by atomic mass is 16.5. The van der Waals surface area contributed by atoms with Crippen molar-refractivity contribution in [1.29, 1.82) is 0 Å². The number of rotatable bonds is 36. The molecule has 0 bridgehead atoms. The van der Waals surface area contributed by atoms with E-state index in [1.807, 2.05) is 67.2 Å². The molecule has 0 saturated heterocycles. The van der Waals surface area contributed by atoms with Gasteiger partial charge in [-0.2, -0.15) is 0 Å². The minimum absolute atomic E-state index is 0.0114. The van der Waals surface area contributed by atoms with Crippen molar-refractivity contribution >= 4 is 35.4 Å². The average molecular weight is 1240 g/mol. The number of carbonyl (C=O) groups is 6. The molecule has 0 radical (unpaired) electrons. The fraction of sp³-hybridized carbons (Fsp3) is 0.700. The van der Waals surface area contributed by atoms with Gasteiger partial charge in [-0.05, 0) is 57.8 Å². The summed E-state index contributed by atoms with van der Waals surface area (Å²) in [5.74, 6) is -1.48. The van der Waals surface area contributed by atoms with E-state index in [9.17, 15) is 58.8 Å². The summed E-state index contributed by atoms with van der Waals surface area (Å²) in [5, 5.41) is 58.0. The molecule has 0 fully saturated rings. The third-order valence-corrected chi connectivity index (χ3v) is 15.5. The van der Waals surface area contributed by atoms with Crippen LogP contribution in [0.15, 0.2) is 14.4 Å². The number of carbonyl (C=O) groups excluding carboxylic acids is 6. The monoisotopic (exact) mass is 1240 g/mol. The molecule has 0 aliphatic heterocycles. The summed E-state index contributed by atoms with van der Waals surface area (Å²) in [6, 6.07) is -0.951. The van der Waals surface area contributed by atoms with Crippen molar-refractivity contribution in [3.05, 3.63) is 82.3 Å². The fourth-order valence-corrected chi connectivity index (χ4v) is 8.99. The number of nitrogens with one attached hydrogen (secondary N) is 9. The Labute approximate surface area is 516 Å². The summed E-state index contributed by atoms with van der Waals surface area (Å²) in [4.78, 5) is 131. The summed E-state index contributed by atoms with van der Waals surface area (Å²) in [6.07, 6.45) is 0.568. The van der Waals surface area contributed by atoms with Gasteiger partial charge in [0, 0.05) is 154 Å². The van der Waals surface area contributed by atoms with Gasteiger partial charge in [-0.1, -0.05) is 62.3 Å². The molecule has 494 valence electrons. The molecule has 3 aromatic rings. The maximum absolute atomic E-state index is 13.1. The van der Waals surface area contributed by atoms with Crippen LogP contribution in [-0.4, -0.2) is 182 Å². The summed E-state index contributed by atoms with van der Waals surface area (Å²) >= 11 is 0. The summed E-state index contributed by atoms with van der Waals surface area (Å²) in [7, 11) is 0. The normalized spacial score (nSPS) is 13.0. The molecule has 0 saturated carbocycles. The van der Waals surface area contributed by atoms with E-state index in [1.165, 1.54) is 0 Å². The van der Waals surface area contributed by atoms with Gasteiger partial charge in [0.1, 0.15) is 17.1 Å². The predicted octanol–water partition coefficient (Wildman–Crippen LogP) is 0.300. The van der Waals surface area contributed by atoms with Crippen molar-refractivity contribution in [2.75, 3.05) is 78.5 Å². The van der Waals surface area contributed by atoms with Gasteiger partial charge in [0.15, 0.2) is 0 Å². The maximum Gasteiger partial charge on any atom is 0.304 e. The molecule has 0 aliphatic rings. The van der Waals surface area contributed by atoms with Gasteiger partial charge in [0.25, 0.3) is 0 Å². The van der Waals surface area contributed by atoms with Gasteiger partial charge in [-0.3, -0.25) is 63.0 Å². The van der Waals surface area contributed by atoms with Crippen LogP contribution in [0.5, 0.6) is 0 Å². The molecule has 0 unspecified atom stereocenters. The van der Waals surface area contributed by atoms with Crippen molar-refractivity contribution in [1.82, 2.24) is 81.9 Å². The molecule has 28 nitrogen and oxygen atoms in total. The van der Waals surface area contributed by atoms with Gasteiger partial charge < -0.3 is 63.5 Å². The topological polar surface area (TPSA) is 379 Å². The number of hydrogen-bond acceptors (Lipinski definition) is 19. The molecular formula is C60H102N16O12. The molecule has 12 N–H and O–H groups in total. The zero-order valence-corrected chi connectivity index (χ0v) is 54.7. The Kier molecular flexibility index (Phi) is 29.8. The minimum atomic E-state index is -0.662. The number of hydrogen-bond donors (Lipinski definition) is 12. The molecule has 0 aliphatic carbocycles. The molecule has 3 atom stereocenters. The predicted molar refractivity (Wildman–Crippen MR) is 333 cm³/mol. The van der Waals surface area contributed by atoms with Crippen LogP contribution in [0.2, 0.25) is 0 Å². The quantitative estimate of drug-likeness (QED) is 0.0275. The summed E-state index contributed by atoms with van der Waals surface area (Å²) < 4.78 is 1.63. The zero-order valence-electron chi connectivity index (χ0n) is 54.7. The van der Waals surface area contributed by atoms with Gasteiger partial charge in [0.2, 0.25) is 35.4 Å². The Balaban J connectivity index is 1.52. The van der Waals surface area contributed by atoms with E-state index in [2.05, 4.69) is 62.8 Å². The second-order valence-corrected chi connectivity index (χ2v) is 25.8. The molecule has 6 amide bonds. The molecular weight excluding hydrogens is 1140 g/mol. The maximum atomic E-state index is 13.1. The lowest BCUT2D eigenvalue weighted by Crippen LogP contribution is -2.50. The van der Waals surface area contributed by atoms with Gasteiger partial charge in [0.05, 0.1) is 34.2 Å². The Morgan fingerprint density at radius 3 is 0.864 bits per heavy atom. The van der Waals surface area contributed by atoms with Crippen molar-refractivity contribution in [2.24, 2.45) is 16.2 Å². The minimum Gasteiger partial charge on any atom is -0.425 e. The Morgan fingerprint density at radius 1 is 0.398 bits per heavy atom. The van der Waals surface area contributed by atoms with Crippen LogP contribution in [0.3, 0.4) is 0 Å². The highest BCUT2D eigenvalue weighted by Gasteiger charge is 2.29. The SMILES string of the molecule is Cc1nc(CCC(=O)N[C@@H](CNCCC(=O)NCCN(CCNC(=O)CCNC[C@H](NC(=O)CCc2nc(C)c(C)n(O)c2=O)C(C)(C)C)CCNC(=O)CCNC[C@H](NC(=O)CCc2nc(C)c(C)n(O)c2=O)C(C)(C)C)C(C)(C)C)c(=O)n(O)c1C. The van der Waals surface area contributed by atoms with E-state index >= 15 is 0 Å². The first kappa shape index (κ1) is 75.0. The lowest BCUT2D eigenvalue weighted by Gasteiger charge is -2.32.